The van der Waals surface area contributed by atoms with Crippen molar-refractivity contribution < 1.29 is 19.1 Å². The number of imide groups is 1. The molecule has 0 aliphatic heterocycles. The average molecular weight is 405 g/mol. The van der Waals surface area contributed by atoms with Crippen LogP contribution in [-0.4, -0.2) is 26.2 Å². The number of nitrogens with one attached hydrogen (secondary N) is 2. The van der Waals surface area contributed by atoms with Crippen LogP contribution in [0.2, 0.25) is 0 Å². The van der Waals surface area contributed by atoms with Crippen LogP contribution in [0.4, 0.5) is 10.5 Å². The third-order valence-electron chi connectivity index (χ3n) is 4.55. The van der Waals surface area contributed by atoms with E-state index in [1.807, 2.05) is 54.6 Å². The first kappa shape index (κ1) is 20.7. The van der Waals surface area contributed by atoms with Crippen LogP contribution in [0.1, 0.15) is 11.6 Å². The summed E-state index contributed by atoms with van der Waals surface area (Å²) in [4.78, 5) is 23.8. The number of benzene rings is 3. The number of ether oxygens (including phenoxy) is 2. The van der Waals surface area contributed by atoms with Crippen LogP contribution in [-0.2, 0) is 4.79 Å². The van der Waals surface area contributed by atoms with Crippen LogP contribution in [0.25, 0.3) is 11.1 Å². The van der Waals surface area contributed by atoms with E-state index in [1.165, 1.54) is 0 Å². The molecule has 0 fully saturated rings. The fraction of sp³-hybridized carbons (Fsp3) is 0.130. The van der Waals surface area contributed by atoms with Crippen molar-refractivity contribution >= 4 is 17.6 Å². The van der Waals surface area contributed by atoms with Gasteiger partial charge in [0, 0.05) is 11.3 Å². The van der Waals surface area contributed by atoms with Gasteiger partial charge in [0.05, 0.1) is 14.2 Å². The Balaban J connectivity index is 1.96. The molecule has 1 atom stereocenters. The van der Waals surface area contributed by atoms with Gasteiger partial charge in [-0.25, -0.2) is 4.79 Å². The first-order chi connectivity index (χ1) is 14.5. The second kappa shape index (κ2) is 9.47. The second-order valence-corrected chi connectivity index (χ2v) is 6.49. The number of hydrogen-bond acceptors (Lipinski definition) is 5. The molecule has 3 aromatic rings. The molecule has 0 bridgehead atoms. The Morgan fingerprint density at radius 2 is 1.60 bits per heavy atom. The number of urea groups is 1. The molecule has 0 heterocycles. The van der Waals surface area contributed by atoms with Crippen LogP contribution in [0.15, 0.2) is 72.8 Å². The van der Waals surface area contributed by atoms with E-state index in [1.54, 1.807) is 32.4 Å². The van der Waals surface area contributed by atoms with Gasteiger partial charge in [-0.2, -0.15) is 0 Å². The van der Waals surface area contributed by atoms with E-state index < -0.39 is 18.0 Å². The lowest BCUT2D eigenvalue weighted by Gasteiger charge is -2.20. The molecule has 0 saturated heterocycles. The molecule has 0 aliphatic rings. The number of carbonyl (C=O) groups is 2. The van der Waals surface area contributed by atoms with Gasteiger partial charge in [-0.05, 0) is 41.5 Å². The summed E-state index contributed by atoms with van der Waals surface area (Å²) in [7, 11) is 3.21. The highest BCUT2D eigenvalue weighted by Crippen LogP contribution is 2.34. The normalized spacial score (nSPS) is 11.3. The minimum Gasteiger partial charge on any atom is -0.497 e. The number of primary amides is 1. The van der Waals surface area contributed by atoms with E-state index in [-0.39, 0.29) is 0 Å². The van der Waals surface area contributed by atoms with Crippen LogP contribution in [0.5, 0.6) is 11.5 Å². The van der Waals surface area contributed by atoms with E-state index >= 15 is 0 Å². The molecule has 0 unspecified atom stereocenters. The summed E-state index contributed by atoms with van der Waals surface area (Å²) in [5.74, 6) is 0.887. The second-order valence-electron chi connectivity index (χ2n) is 6.49. The van der Waals surface area contributed by atoms with Gasteiger partial charge in [0.2, 0.25) is 0 Å². The fourth-order valence-electron chi connectivity index (χ4n) is 3.10. The Kier molecular flexibility index (Phi) is 6.54. The Morgan fingerprint density at radius 3 is 2.20 bits per heavy atom. The van der Waals surface area contributed by atoms with Gasteiger partial charge < -0.3 is 20.5 Å². The highest BCUT2D eigenvalue weighted by Gasteiger charge is 2.22. The maximum Gasteiger partial charge on any atom is 0.318 e. The molecule has 0 spiro atoms. The molecule has 7 nitrogen and oxygen atoms in total. The Hall–Kier alpha value is -4.00. The lowest BCUT2D eigenvalue weighted by Crippen LogP contribution is -2.40. The van der Waals surface area contributed by atoms with Crippen molar-refractivity contribution in [3.8, 4) is 22.6 Å². The zero-order chi connectivity index (χ0) is 21.5. The minimum absolute atomic E-state index is 0.546. The van der Waals surface area contributed by atoms with Gasteiger partial charge in [0.1, 0.15) is 17.5 Å². The Labute approximate surface area is 174 Å². The molecule has 3 aromatic carbocycles. The number of hydrogen-bond donors (Lipinski definition) is 3. The lowest BCUT2D eigenvalue weighted by atomic mass is 10.0. The molecule has 30 heavy (non-hydrogen) atoms. The van der Waals surface area contributed by atoms with E-state index in [4.69, 9.17) is 15.2 Å². The quantitative estimate of drug-likeness (QED) is 0.556. The van der Waals surface area contributed by atoms with Crippen molar-refractivity contribution in [1.82, 2.24) is 5.32 Å². The van der Waals surface area contributed by atoms with E-state index in [2.05, 4.69) is 10.6 Å². The third kappa shape index (κ3) is 4.88. The number of rotatable bonds is 7. The highest BCUT2D eigenvalue weighted by atomic mass is 16.5. The molecule has 4 N–H and O–H groups in total. The average Bonchev–Trinajstić information content (AvgIpc) is 2.77. The van der Waals surface area contributed by atoms with Gasteiger partial charge in [-0.15, -0.1) is 0 Å². The van der Waals surface area contributed by atoms with E-state index in [9.17, 15) is 9.59 Å². The van der Waals surface area contributed by atoms with Crippen LogP contribution in [0.3, 0.4) is 0 Å². The van der Waals surface area contributed by atoms with Gasteiger partial charge >= 0.3 is 6.03 Å². The summed E-state index contributed by atoms with van der Waals surface area (Å²) in [6.07, 6.45) is 0. The molecule has 0 saturated carbocycles. The van der Waals surface area contributed by atoms with Crippen molar-refractivity contribution in [3.05, 3.63) is 78.4 Å². The molecule has 7 heteroatoms. The first-order valence-corrected chi connectivity index (χ1v) is 9.26. The van der Waals surface area contributed by atoms with Crippen molar-refractivity contribution in [2.75, 3.05) is 19.5 Å². The van der Waals surface area contributed by atoms with Gasteiger partial charge in [-0.3, -0.25) is 10.1 Å². The van der Waals surface area contributed by atoms with Crippen molar-refractivity contribution in [1.29, 1.82) is 0 Å². The lowest BCUT2D eigenvalue weighted by molar-refractivity contribution is -0.120. The predicted molar refractivity (Wildman–Crippen MR) is 116 cm³/mol. The van der Waals surface area contributed by atoms with Crippen LogP contribution >= 0.6 is 0 Å². The molecular formula is C23H23N3O4. The molecule has 0 radical (unpaired) electrons. The number of anilines is 1. The van der Waals surface area contributed by atoms with E-state index in [0.29, 0.717) is 17.0 Å². The topological polar surface area (TPSA) is 103 Å². The number of carbonyl (C=O) groups excluding carboxylic acids is 2. The third-order valence-corrected chi connectivity index (χ3v) is 4.55. The number of nitrogens with two attached hydrogens (primary N) is 1. The first-order valence-electron chi connectivity index (χ1n) is 9.26. The Bertz CT molecular complexity index is 1020. The summed E-state index contributed by atoms with van der Waals surface area (Å²) in [5.41, 5.74) is 8.27. The zero-order valence-corrected chi connectivity index (χ0v) is 16.7. The van der Waals surface area contributed by atoms with Crippen molar-refractivity contribution in [2.45, 2.75) is 6.04 Å². The molecule has 0 aromatic heterocycles. The van der Waals surface area contributed by atoms with Crippen molar-refractivity contribution in [2.24, 2.45) is 5.73 Å². The molecule has 0 aliphatic carbocycles. The molecule has 154 valence electrons. The molecular weight excluding hydrogens is 382 g/mol. The largest absolute Gasteiger partial charge is 0.497 e. The summed E-state index contributed by atoms with van der Waals surface area (Å²) < 4.78 is 10.7. The fourth-order valence-corrected chi connectivity index (χ4v) is 3.10. The maximum atomic E-state index is 12.6. The van der Waals surface area contributed by atoms with Crippen LogP contribution in [0, 0.1) is 0 Å². The summed E-state index contributed by atoms with van der Waals surface area (Å²) >= 11 is 0. The molecule has 3 rings (SSSR count). The zero-order valence-electron chi connectivity index (χ0n) is 16.7. The van der Waals surface area contributed by atoms with Gasteiger partial charge in [0.15, 0.2) is 0 Å². The Morgan fingerprint density at radius 1 is 0.900 bits per heavy atom. The number of methoxy groups -OCH3 is 2. The minimum atomic E-state index is -0.906. The standard InChI is InChI=1S/C23H23N3O4/c1-29-18-11-8-15(9-12-18)19-14-17(10-13-20(19)30-2)25-21(22(27)26-23(24)28)16-6-4-3-5-7-16/h3-14,21,25H,1-2H3,(H3,24,26,27,28)/t21-/m1/s1. The SMILES string of the molecule is COc1ccc(-c2cc(N[C@@H](C(=O)NC(N)=O)c3ccccc3)ccc2OC)cc1. The highest BCUT2D eigenvalue weighted by molar-refractivity contribution is 5.98. The van der Waals surface area contributed by atoms with E-state index in [0.717, 1.165) is 16.9 Å². The maximum absolute atomic E-state index is 12.6. The predicted octanol–water partition coefficient (Wildman–Crippen LogP) is 3.72. The van der Waals surface area contributed by atoms with Gasteiger partial charge in [-0.1, -0.05) is 42.5 Å². The smallest absolute Gasteiger partial charge is 0.318 e. The van der Waals surface area contributed by atoms with Crippen molar-refractivity contribution in [3.63, 3.8) is 0 Å². The van der Waals surface area contributed by atoms with Crippen LogP contribution < -0.4 is 25.8 Å². The number of amides is 3. The van der Waals surface area contributed by atoms with Gasteiger partial charge in [0.25, 0.3) is 5.91 Å². The molecule has 3 amide bonds. The summed E-state index contributed by atoms with van der Waals surface area (Å²) in [6, 6.07) is 20.4. The monoisotopic (exact) mass is 405 g/mol. The summed E-state index contributed by atoms with van der Waals surface area (Å²) in [6.45, 7) is 0. The summed E-state index contributed by atoms with van der Waals surface area (Å²) in [5, 5.41) is 5.33.